The summed E-state index contributed by atoms with van der Waals surface area (Å²) in [4.78, 5) is 12.0. The van der Waals surface area contributed by atoms with E-state index in [9.17, 15) is 9.90 Å². The number of carbonyl (C=O) groups is 1. The molecule has 0 aliphatic carbocycles. The van der Waals surface area contributed by atoms with Gasteiger partial charge in [-0.2, -0.15) is 0 Å². The van der Waals surface area contributed by atoms with Crippen molar-refractivity contribution in [1.29, 1.82) is 0 Å². The second-order valence-electron chi connectivity index (χ2n) is 4.98. The first-order valence-corrected chi connectivity index (χ1v) is 7.65. The van der Waals surface area contributed by atoms with Crippen molar-refractivity contribution in [3.63, 3.8) is 0 Å². The molecule has 2 rings (SSSR count). The molecule has 6 nitrogen and oxygen atoms in total. The topological polar surface area (TPSA) is 79.8 Å². The number of phenols is 1. The maximum absolute atomic E-state index is 12.0. The van der Waals surface area contributed by atoms with E-state index in [1.165, 1.54) is 14.2 Å². The Morgan fingerprint density at radius 2 is 1.79 bits per heavy atom. The number of halogens is 1. The van der Waals surface area contributed by atoms with Crippen molar-refractivity contribution in [2.45, 2.75) is 6.42 Å². The van der Waals surface area contributed by atoms with Gasteiger partial charge in [-0.1, -0.05) is 23.7 Å². The van der Waals surface area contributed by atoms with E-state index in [-0.39, 0.29) is 11.8 Å². The Morgan fingerprint density at radius 3 is 2.42 bits per heavy atom. The molecule has 0 atom stereocenters. The fraction of sp³-hybridized carbons (Fsp3) is 0.235. The first-order chi connectivity index (χ1) is 11.5. The lowest BCUT2D eigenvalue weighted by Gasteiger charge is -2.13. The van der Waals surface area contributed by atoms with Crippen molar-refractivity contribution in [3.8, 4) is 17.2 Å². The van der Waals surface area contributed by atoms with E-state index in [0.717, 1.165) is 5.56 Å². The molecule has 7 heteroatoms. The molecule has 2 amide bonds. The Labute approximate surface area is 145 Å². The van der Waals surface area contributed by atoms with E-state index in [4.69, 9.17) is 21.1 Å². The smallest absolute Gasteiger partial charge is 0.319 e. The lowest BCUT2D eigenvalue weighted by Crippen LogP contribution is -2.30. The van der Waals surface area contributed by atoms with Crippen molar-refractivity contribution in [3.05, 3.63) is 47.0 Å². The normalized spacial score (nSPS) is 10.1. The Morgan fingerprint density at radius 1 is 1.12 bits per heavy atom. The van der Waals surface area contributed by atoms with Gasteiger partial charge >= 0.3 is 6.03 Å². The average molecular weight is 351 g/mol. The van der Waals surface area contributed by atoms with Gasteiger partial charge in [0.15, 0.2) is 0 Å². The molecule has 0 fully saturated rings. The summed E-state index contributed by atoms with van der Waals surface area (Å²) in [5.74, 6) is 1.13. The number of methoxy groups -OCH3 is 2. The minimum absolute atomic E-state index is 0.216. The van der Waals surface area contributed by atoms with E-state index in [1.807, 2.05) is 0 Å². The van der Waals surface area contributed by atoms with Crippen LogP contribution in [0.1, 0.15) is 5.56 Å². The quantitative estimate of drug-likeness (QED) is 0.745. The van der Waals surface area contributed by atoms with Gasteiger partial charge in [0.2, 0.25) is 0 Å². The molecule has 0 aliphatic heterocycles. The van der Waals surface area contributed by atoms with E-state index in [2.05, 4.69) is 10.6 Å². The van der Waals surface area contributed by atoms with Crippen LogP contribution < -0.4 is 20.1 Å². The van der Waals surface area contributed by atoms with Crippen molar-refractivity contribution >= 4 is 23.3 Å². The van der Waals surface area contributed by atoms with Crippen LogP contribution in [-0.2, 0) is 6.42 Å². The third-order valence-corrected chi connectivity index (χ3v) is 3.65. The summed E-state index contributed by atoms with van der Waals surface area (Å²) in [5, 5.41) is 15.1. The van der Waals surface area contributed by atoms with Gasteiger partial charge in [0, 0.05) is 12.6 Å². The number of hydrogen-bond acceptors (Lipinski definition) is 4. The number of carbonyl (C=O) groups excluding carboxylic acids is 1. The summed E-state index contributed by atoms with van der Waals surface area (Å²) in [6.45, 7) is 0.447. The number of rotatable bonds is 6. The molecule has 0 radical (unpaired) electrons. The number of benzene rings is 2. The third-order valence-electron chi connectivity index (χ3n) is 3.36. The standard InChI is InChI=1S/C17H19ClN2O4/c1-23-15-10-16(24-2)14(9-13(15)18)20-17(22)19-8-7-11-3-5-12(21)6-4-11/h3-6,9-10,21H,7-8H2,1-2H3,(H2,19,20,22). The van der Waals surface area contributed by atoms with Crippen LogP contribution in [-0.4, -0.2) is 31.9 Å². The number of anilines is 1. The van der Waals surface area contributed by atoms with Crippen LogP contribution in [0.15, 0.2) is 36.4 Å². The van der Waals surface area contributed by atoms with Crippen molar-refractivity contribution in [1.82, 2.24) is 5.32 Å². The molecule has 0 spiro atoms. The zero-order valence-corrected chi connectivity index (χ0v) is 14.2. The maximum Gasteiger partial charge on any atom is 0.319 e. The first-order valence-electron chi connectivity index (χ1n) is 7.27. The number of phenolic OH excluding ortho intramolecular Hbond substituents is 1. The molecule has 0 heterocycles. The van der Waals surface area contributed by atoms with Crippen LogP contribution in [0.25, 0.3) is 0 Å². The predicted molar refractivity (Wildman–Crippen MR) is 93.4 cm³/mol. The van der Waals surface area contributed by atoms with Crippen molar-refractivity contribution < 1.29 is 19.4 Å². The SMILES string of the molecule is COc1cc(OC)c(NC(=O)NCCc2ccc(O)cc2)cc1Cl. The number of urea groups is 1. The van der Waals surface area contributed by atoms with Crippen LogP contribution in [0.2, 0.25) is 5.02 Å². The summed E-state index contributed by atoms with van der Waals surface area (Å²) in [6.07, 6.45) is 0.647. The van der Waals surface area contributed by atoms with Crippen LogP contribution in [0.4, 0.5) is 10.5 Å². The molecule has 24 heavy (non-hydrogen) atoms. The zero-order valence-electron chi connectivity index (χ0n) is 13.4. The van der Waals surface area contributed by atoms with Gasteiger partial charge in [0.1, 0.15) is 17.2 Å². The minimum Gasteiger partial charge on any atom is -0.508 e. The van der Waals surface area contributed by atoms with Gasteiger partial charge < -0.3 is 25.2 Å². The molecule has 0 unspecified atom stereocenters. The number of ether oxygens (including phenoxy) is 2. The molecule has 128 valence electrons. The molecule has 2 aromatic rings. The summed E-state index contributed by atoms with van der Waals surface area (Å²) < 4.78 is 10.3. The lowest BCUT2D eigenvalue weighted by atomic mass is 10.1. The number of amides is 2. The Kier molecular flexibility index (Phi) is 6.14. The molecule has 2 aromatic carbocycles. The van der Waals surface area contributed by atoms with Crippen molar-refractivity contribution in [2.75, 3.05) is 26.1 Å². The third kappa shape index (κ3) is 4.70. The highest BCUT2D eigenvalue weighted by molar-refractivity contribution is 6.32. The summed E-state index contributed by atoms with van der Waals surface area (Å²) in [5.41, 5.74) is 1.46. The van der Waals surface area contributed by atoms with Crippen LogP contribution in [0.5, 0.6) is 17.2 Å². The zero-order chi connectivity index (χ0) is 17.5. The highest BCUT2D eigenvalue weighted by Crippen LogP contribution is 2.35. The maximum atomic E-state index is 12.0. The molecular weight excluding hydrogens is 332 g/mol. The van der Waals surface area contributed by atoms with E-state index in [1.54, 1.807) is 36.4 Å². The second-order valence-corrected chi connectivity index (χ2v) is 5.39. The lowest BCUT2D eigenvalue weighted by molar-refractivity contribution is 0.252. The minimum atomic E-state index is -0.367. The molecule has 3 N–H and O–H groups in total. The van der Waals surface area contributed by atoms with E-state index >= 15 is 0 Å². The Hall–Kier alpha value is -2.60. The molecule has 0 aromatic heterocycles. The van der Waals surface area contributed by atoms with E-state index in [0.29, 0.717) is 35.2 Å². The monoisotopic (exact) mass is 350 g/mol. The largest absolute Gasteiger partial charge is 0.508 e. The number of hydrogen-bond donors (Lipinski definition) is 3. The van der Waals surface area contributed by atoms with Crippen LogP contribution >= 0.6 is 11.6 Å². The highest BCUT2D eigenvalue weighted by atomic mass is 35.5. The van der Waals surface area contributed by atoms with Crippen molar-refractivity contribution in [2.24, 2.45) is 0 Å². The fourth-order valence-corrected chi connectivity index (χ4v) is 2.35. The fourth-order valence-electron chi connectivity index (χ4n) is 2.11. The second kappa shape index (κ2) is 8.31. The highest BCUT2D eigenvalue weighted by Gasteiger charge is 2.12. The van der Waals surface area contributed by atoms with Gasteiger partial charge in [0.25, 0.3) is 0 Å². The summed E-state index contributed by atoms with van der Waals surface area (Å²) >= 11 is 6.07. The van der Waals surface area contributed by atoms with Gasteiger partial charge in [-0.15, -0.1) is 0 Å². The average Bonchev–Trinajstić information content (AvgIpc) is 2.57. The number of nitrogens with one attached hydrogen (secondary N) is 2. The molecular formula is C17H19ClN2O4. The molecule has 0 aliphatic rings. The van der Waals surface area contributed by atoms with Gasteiger partial charge in [-0.25, -0.2) is 4.79 Å². The van der Waals surface area contributed by atoms with Gasteiger partial charge in [-0.05, 0) is 30.2 Å². The Bertz CT molecular complexity index is 704. The van der Waals surface area contributed by atoms with Gasteiger partial charge in [0.05, 0.1) is 24.9 Å². The van der Waals surface area contributed by atoms with Crippen LogP contribution in [0, 0.1) is 0 Å². The first kappa shape index (κ1) is 17.7. The molecule has 0 bridgehead atoms. The summed E-state index contributed by atoms with van der Waals surface area (Å²) in [6, 6.07) is 9.64. The molecule has 0 saturated heterocycles. The summed E-state index contributed by atoms with van der Waals surface area (Å²) in [7, 11) is 3.00. The number of aromatic hydroxyl groups is 1. The Balaban J connectivity index is 1.92. The molecule has 0 saturated carbocycles. The predicted octanol–water partition coefficient (Wildman–Crippen LogP) is 3.43. The van der Waals surface area contributed by atoms with E-state index < -0.39 is 0 Å². The van der Waals surface area contributed by atoms with Crippen LogP contribution in [0.3, 0.4) is 0 Å². The van der Waals surface area contributed by atoms with Gasteiger partial charge in [-0.3, -0.25) is 0 Å².